The maximum absolute atomic E-state index is 12.2. The molecule has 4 nitrogen and oxygen atoms in total. The van der Waals surface area contributed by atoms with Crippen LogP contribution in [-0.4, -0.2) is 20.7 Å². The summed E-state index contributed by atoms with van der Waals surface area (Å²) < 4.78 is 3.69. The van der Waals surface area contributed by atoms with E-state index >= 15 is 0 Å². The first kappa shape index (κ1) is 15.6. The highest BCUT2D eigenvalue weighted by Crippen LogP contribution is 2.28. The highest BCUT2D eigenvalue weighted by molar-refractivity contribution is 9.11. The van der Waals surface area contributed by atoms with E-state index in [2.05, 4.69) is 42.2 Å². The number of rotatable bonds is 4. The maximum Gasteiger partial charge on any atom is 0.237 e. The molecule has 0 saturated heterocycles. The smallest absolute Gasteiger partial charge is 0.237 e. The Morgan fingerprint density at radius 2 is 2.20 bits per heavy atom. The quantitative estimate of drug-likeness (QED) is 0.761. The molecule has 1 aromatic carbocycles. The van der Waals surface area contributed by atoms with E-state index in [1.807, 2.05) is 42.9 Å². The molecule has 0 spiro atoms. The molecule has 1 atom stereocenters. The largest absolute Gasteiger partial charge is 0.329 e. The average molecular weight is 419 g/mol. The summed E-state index contributed by atoms with van der Waals surface area (Å²) in [6, 6.07) is 5.63. The molecule has 20 heavy (non-hydrogen) atoms. The Morgan fingerprint density at radius 1 is 1.45 bits per heavy atom. The summed E-state index contributed by atoms with van der Waals surface area (Å²) in [4.78, 5) is 16.4. The van der Waals surface area contributed by atoms with Gasteiger partial charge in [-0.25, -0.2) is 4.98 Å². The Bertz CT molecular complexity index is 630. The van der Waals surface area contributed by atoms with Crippen LogP contribution in [0.4, 0.5) is 5.69 Å². The van der Waals surface area contributed by atoms with Gasteiger partial charge in [-0.2, -0.15) is 0 Å². The first-order valence-corrected chi connectivity index (χ1v) is 8.34. The molecule has 0 aliphatic rings. The number of hydrogen-bond acceptors (Lipinski definition) is 3. The van der Waals surface area contributed by atoms with Gasteiger partial charge in [0.05, 0.1) is 10.9 Å². The van der Waals surface area contributed by atoms with Crippen molar-refractivity contribution in [2.45, 2.75) is 17.3 Å². The van der Waals surface area contributed by atoms with Crippen LogP contribution in [-0.2, 0) is 11.8 Å². The highest BCUT2D eigenvalue weighted by atomic mass is 79.9. The predicted molar refractivity (Wildman–Crippen MR) is 89.0 cm³/mol. The molecular weight excluding hydrogens is 406 g/mol. The molecular formula is C13H13Br2N3OS. The summed E-state index contributed by atoms with van der Waals surface area (Å²) in [5.41, 5.74) is 0.755. The molecule has 0 saturated carbocycles. The van der Waals surface area contributed by atoms with E-state index < -0.39 is 0 Å². The fraction of sp³-hybridized carbons (Fsp3) is 0.231. The van der Waals surface area contributed by atoms with E-state index in [0.29, 0.717) is 0 Å². The van der Waals surface area contributed by atoms with Gasteiger partial charge < -0.3 is 9.88 Å². The molecule has 7 heteroatoms. The molecule has 0 aliphatic heterocycles. The van der Waals surface area contributed by atoms with Crippen LogP contribution in [0, 0.1) is 0 Å². The summed E-state index contributed by atoms with van der Waals surface area (Å²) in [6.07, 6.45) is 3.58. The van der Waals surface area contributed by atoms with Gasteiger partial charge >= 0.3 is 0 Å². The van der Waals surface area contributed by atoms with Gasteiger partial charge in [-0.1, -0.05) is 27.7 Å². The van der Waals surface area contributed by atoms with Crippen molar-refractivity contribution < 1.29 is 4.79 Å². The second-order valence-electron chi connectivity index (χ2n) is 4.19. The minimum absolute atomic E-state index is 0.0546. The molecule has 1 N–H and O–H groups in total. The number of carbonyl (C=O) groups excluding carboxylic acids is 1. The number of imidazole rings is 1. The number of aromatic nitrogens is 2. The molecule has 0 aliphatic carbocycles. The van der Waals surface area contributed by atoms with Crippen LogP contribution in [0.1, 0.15) is 6.92 Å². The standard InChI is InChI=1S/C13H13Br2N3OS/c1-8(20-13-16-5-6-18(13)2)12(19)17-11-4-3-9(14)7-10(11)15/h3-8H,1-2H3,(H,17,19). The predicted octanol–water partition coefficient (Wildman–Crippen LogP) is 4.06. The van der Waals surface area contributed by atoms with Crippen LogP contribution in [0.15, 0.2) is 44.7 Å². The lowest BCUT2D eigenvalue weighted by Crippen LogP contribution is -2.23. The van der Waals surface area contributed by atoms with Gasteiger partial charge in [-0.15, -0.1) is 0 Å². The second-order valence-corrected chi connectivity index (χ2v) is 7.27. The van der Waals surface area contributed by atoms with E-state index in [1.54, 1.807) is 6.20 Å². The van der Waals surface area contributed by atoms with Crippen molar-refractivity contribution in [3.05, 3.63) is 39.5 Å². The van der Waals surface area contributed by atoms with Gasteiger partial charge in [0, 0.05) is 28.4 Å². The summed E-state index contributed by atoms with van der Waals surface area (Å²) in [5.74, 6) is -0.0546. The number of nitrogens with zero attached hydrogens (tertiary/aromatic N) is 2. The Balaban J connectivity index is 2.02. The van der Waals surface area contributed by atoms with Crippen LogP contribution in [0.2, 0.25) is 0 Å². The molecule has 0 fully saturated rings. The van der Waals surface area contributed by atoms with Crippen molar-refractivity contribution in [1.29, 1.82) is 0 Å². The summed E-state index contributed by atoms with van der Waals surface area (Å²) in [7, 11) is 1.91. The van der Waals surface area contributed by atoms with Crippen molar-refractivity contribution in [2.24, 2.45) is 7.05 Å². The summed E-state index contributed by atoms with van der Waals surface area (Å²) in [5, 5.41) is 3.50. The van der Waals surface area contributed by atoms with Crippen LogP contribution in [0.5, 0.6) is 0 Å². The number of benzene rings is 1. The average Bonchev–Trinajstić information content (AvgIpc) is 2.78. The van der Waals surface area contributed by atoms with Gasteiger partial charge in [0.2, 0.25) is 5.91 Å². The van der Waals surface area contributed by atoms with Crippen LogP contribution in [0.25, 0.3) is 0 Å². The number of amides is 1. The highest BCUT2D eigenvalue weighted by Gasteiger charge is 2.17. The number of nitrogens with one attached hydrogen (secondary N) is 1. The van der Waals surface area contributed by atoms with E-state index in [1.165, 1.54) is 11.8 Å². The number of anilines is 1. The molecule has 0 bridgehead atoms. The molecule has 2 aromatic rings. The number of thioether (sulfide) groups is 1. The third-order valence-corrected chi connectivity index (χ3v) is 4.94. The Hall–Kier alpha value is -0.790. The van der Waals surface area contributed by atoms with Crippen LogP contribution < -0.4 is 5.32 Å². The van der Waals surface area contributed by atoms with E-state index in [9.17, 15) is 4.79 Å². The van der Waals surface area contributed by atoms with E-state index in [-0.39, 0.29) is 11.2 Å². The first-order chi connectivity index (χ1) is 9.47. The Morgan fingerprint density at radius 3 is 2.80 bits per heavy atom. The lowest BCUT2D eigenvalue weighted by Gasteiger charge is -2.13. The minimum atomic E-state index is -0.230. The summed E-state index contributed by atoms with van der Waals surface area (Å²) in [6.45, 7) is 1.86. The molecule has 1 aromatic heterocycles. The van der Waals surface area contributed by atoms with Crippen molar-refractivity contribution in [3.63, 3.8) is 0 Å². The normalized spacial score (nSPS) is 12.2. The summed E-state index contributed by atoms with van der Waals surface area (Å²) >= 11 is 8.24. The third-order valence-electron chi connectivity index (χ3n) is 2.62. The number of halogens is 2. The molecule has 1 heterocycles. The van der Waals surface area contributed by atoms with Gasteiger partial charge in [0.25, 0.3) is 0 Å². The van der Waals surface area contributed by atoms with Gasteiger partial charge in [-0.05, 0) is 41.1 Å². The van der Waals surface area contributed by atoms with Gasteiger partial charge in [0.1, 0.15) is 0 Å². The Labute approximate surface area is 138 Å². The maximum atomic E-state index is 12.2. The van der Waals surface area contributed by atoms with Crippen molar-refractivity contribution in [3.8, 4) is 0 Å². The zero-order valence-electron chi connectivity index (χ0n) is 10.9. The fourth-order valence-electron chi connectivity index (χ4n) is 1.50. The monoisotopic (exact) mass is 417 g/mol. The van der Waals surface area contributed by atoms with Crippen LogP contribution >= 0.6 is 43.6 Å². The Kier molecular flexibility index (Phi) is 5.29. The molecule has 1 amide bonds. The van der Waals surface area contributed by atoms with Gasteiger partial charge in [0.15, 0.2) is 5.16 Å². The number of hydrogen-bond donors (Lipinski definition) is 1. The molecule has 0 radical (unpaired) electrons. The van der Waals surface area contributed by atoms with Crippen molar-refractivity contribution >= 4 is 55.2 Å². The van der Waals surface area contributed by atoms with E-state index in [4.69, 9.17) is 0 Å². The van der Waals surface area contributed by atoms with Crippen molar-refractivity contribution in [1.82, 2.24) is 9.55 Å². The first-order valence-electron chi connectivity index (χ1n) is 5.87. The zero-order chi connectivity index (χ0) is 14.7. The zero-order valence-corrected chi connectivity index (χ0v) is 14.9. The SMILES string of the molecule is CC(Sc1nccn1C)C(=O)Nc1ccc(Br)cc1Br. The minimum Gasteiger partial charge on any atom is -0.329 e. The van der Waals surface area contributed by atoms with Crippen molar-refractivity contribution in [2.75, 3.05) is 5.32 Å². The molecule has 106 valence electrons. The fourth-order valence-corrected chi connectivity index (χ4v) is 3.48. The number of aryl methyl sites for hydroxylation is 1. The number of carbonyl (C=O) groups is 1. The lowest BCUT2D eigenvalue weighted by atomic mass is 10.3. The van der Waals surface area contributed by atoms with Crippen LogP contribution in [0.3, 0.4) is 0 Å². The molecule has 2 rings (SSSR count). The van der Waals surface area contributed by atoms with E-state index in [0.717, 1.165) is 19.8 Å². The topological polar surface area (TPSA) is 46.9 Å². The molecule has 1 unspecified atom stereocenters. The second kappa shape index (κ2) is 6.78. The third kappa shape index (κ3) is 3.86. The lowest BCUT2D eigenvalue weighted by molar-refractivity contribution is -0.115. The van der Waals surface area contributed by atoms with Gasteiger partial charge in [-0.3, -0.25) is 4.79 Å².